The summed E-state index contributed by atoms with van der Waals surface area (Å²) in [6.45, 7) is 1.74. The van der Waals surface area contributed by atoms with E-state index in [9.17, 15) is 15.0 Å². The summed E-state index contributed by atoms with van der Waals surface area (Å²) in [5, 5.41) is 24.2. The second kappa shape index (κ2) is 7.57. The summed E-state index contributed by atoms with van der Waals surface area (Å²) in [6, 6.07) is 16.5. The molecule has 148 valence electrons. The predicted octanol–water partition coefficient (Wildman–Crippen LogP) is 2.54. The van der Waals surface area contributed by atoms with E-state index >= 15 is 0 Å². The normalized spacial score (nSPS) is 30.4. The van der Waals surface area contributed by atoms with Crippen molar-refractivity contribution in [3.63, 3.8) is 0 Å². The molecule has 5 heteroatoms. The number of aliphatic hydroxyl groups excluding tert-OH is 1. The van der Waals surface area contributed by atoms with E-state index in [1.807, 2.05) is 36.4 Å². The van der Waals surface area contributed by atoms with Crippen molar-refractivity contribution in [3.05, 3.63) is 65.7 Å². The number of hydrogen-bond acceptors (Lipinski definition) is 4. The molecule has 0 bridgehead atoms. The van der Waals surface area contributed by atoms with E-state index in [1.165, 1.54) is 0 Å². The second-order valence-corrected chi connectivity index (χ2v) is 8.37. The minimum absolute atomic E-state index is 0.0814. The lowest BCUT2D eigenvalue weighted by Gasteiger charge is -2.54. The first-order chi connectivity index (χ1) is 13.5. The highest BCUT2D eigenvalue weighted by molar-refractivity contribution is 5.94. The van der Waals surface area contributed by atoms with Gasteiger partial charge in [-0.05, 0) is 62.7 Å². The number of phenolic OH excluding ortho intramolecular Hbond substituents is 1. The van der Waals surface area contributed by atoms with Gasteiger partial charge in [0.05, 0.1) is 6.10 Å². The van der Waals surface area contributed by atoms with Crippen LogP contribution in [0.2, 0.25) is 0 Å². The smallest absolute Gasteiger partial charge is 0.251 e. The van der Waals surface area contributed by atoms with Gasteiger partial charge in [-0.25, -0.2) is 0 Å². The van der Waals surface area contributed by atoms with Crippen LogP contribution in [0, 0.1) is 5.92 Å². The molecule has 1 saturated carbocycles. The van der Waals surface area contributed by atoms with E-state index in [1.54, 1.807) is 18.2 Å². The number of carbonyl (C=O) groups excluding carboxylic acids is 1. The van der Waals surface area contributed by atoms with Crippen LogP contribution in [0.5, 0.6) is 5.75 Å². The van der Waals surface area contributed by atoms with Gasteiger partial charge in [-0.15, -0.1) is 0 Å². The fraction of sp³-hybridized carbons (Fsp3) is 0.435. The van der Waals surface area contributed by atoms with Gasteiger partial charge in [-0.2, -0.15) is 0 Å². The fourth-order valence-electron chi connectivity index (χ4n) is 5.16. The molecule has 28 heavy (non-hydrogen) atoms. The van der Waals surface area contributed by atoms with Crippen molar-refractivity contribution >= 4 is 5.91 Å². The number of nitrogens with one attached hydrogen (secondary N) is 1. The summed E-state index contributed by atoms with van der Waals surface area (Å²) >= 11 is 0. The maximum absolute atomic E-state index is 12.7. The van der Waals surface area contributed by atoms with Crippen LogP contribution in [-0.2, 0) is 5.41 Å². The molecular formula is C23H28N2O3. The van der Waals surface area contributed by atoms with Crippen LogP contribution in [0.1, 0.15) is 35.2 Å². The number of hydrogen-bond donors (Lipinski definition) is 3. The lowest BCUT2D eigenvalue weighted by atomic mass is 9.57. The van der Waals surface area contributed by atoms with Crippen LogP contribution in [0.25, 0.3) is 0 Å². The Balaban J connectivity index is 1.64. The summed E-state index contributed by atoms with van der Waals surface area (Å²) < 4.78 is 0. The van der Waals surface area contributed by atoms with E-state index < -0.39 is 6.10 Å². The highest BCUT2D eigenvalue weighted by Gasteiger charge is 2.51. The van der Waals surface area contributed by atoms with Crippen molar-refractivity contribution in [2.75, 3.05) is 20.1 Å². The zero-order chi connectivity index (χ0) is 19.7. The Bertz CT molecular complexity index is 841. The molecule has 2 fully saturated rings. The first-order valence-corrected chi connectivity index (χ1v) is 10.00. The first kappa shape index (κ1) is 19.0. The molecule has 4 rings (SSSR count). The van der Waals surface area contributed by atoms with Crippen molar-refractivity contribution in [1.82, 2.24) is 10.2 Å². The minimum atomic E-state index is -0.500. The Labute approximate surface area is 166 Å². The molecule has 0 radical (unpaired) electrons. The molecular weight excluding hydrogens is 352 g/mol. The molecule has 1 saturated heterocycles. The summed E-state index contributed by atoms with van der Waals surface area (Å²) in [7, 11) is 2.09. The van der Waals surface area contributed by atoms with Crippen LogP contribution in [0.4, 0.5) is 0 Å². The Kier molecular flexibility index (Phi) is 5.13. The maximum atomic E-state index is 12.7. The summed E-state index contributed by atoms with van der Waals surface area (Å²) in [4.78, 5) is 14.9. The fourth-order valence-corrected chi connectivity index (χ4v) is 5.16. The third-order valence-electron chi connectivity index (χ3n) is 6.55. The van der Waals surface area contributed by atoms with Crippen LogP contribution in [-0.4, -0.2) is 53.3 Å². The topological polar surface area (TPSA) is 72.8 Å². The molecule has 2 aromatic rings. The predicted molar refractivity (Wildman–Crippen MR) is 108 cm³/mol. The number of aliphatic hydroxyl groups is 1. The first-order valence-electron chi connectivity index (χ1n) is 10.00. The number of nitrogens with zero attached hydrogens (tertiary/aromatic N) is 1. The number of amides is 1. The standard InChI is InChI=1S/C23H28N2O3/c1-25-11-10-23(17-8-5-9-19(26)12-17)14-18(13-21(27)20(23)15-25)24-22(28)16-6-3-2-4-7-16/h2-9,12,18,20-21,26-27H,10-11,13-15H2,1H3,(H,24,28)/t18-,20-,21?,23-/m0/s1. The highest BCUT2D eigenvalue weighted by Crippen LogP contribution is 2.49. The number of fused-ring (bicyclic) bond motifs is 1. The molecule has 4 atom stereocenters. The van der Waals surface area contributed by atoms with Crippen LogP contribution in [0.3, 0.4) is 0 Å². The average Bonchev–Trinajstić information content (AvgIpc) is 2.69. The molecule has 1 amide bonds. The van der Waals surface area contributed by atoms with Crippen molar-refractivity contribution in [2.45, 2.75) is 36.8 Å². The van der Waals surface area contributed by atoms with Gasteiger partial charge in [0.25, 0.3) is 5.91 Å². The molecule has 1 aliphatic heterocycles. The maximum Gasteiger partial charge on any atom is 0.251 e. The van der Waals surface area contributed by atoms with E-state index in [-0.39, 0.29) is 29.0 Å². The van der Waals surface area contributed by atoms with Crippen molar-refractivity contribution < 1.29 is 15.0 Å². The van der Waals surface area contributed by atoms with Crippen molar-refractivity contribution in [2.24, 2.45) is 5.92 Å². The van der Waals surface area contributed by atoms with Gasteiger partial charge in [-0.3, -0.25) is 4.79 Å². The van der Waals surface area contributed by atoms with Gasteiger partial charge >= 0.3 is 0 Å². The Morgan fingerprint density at radius 2 is 1.96 bits per heavy atom. The van der Waals surface area contributed by atoms with Gasteiger partial charge in [0.1, 0.15) is 5.75 Å². The quantitative estimate of drug-likeness (QED) is 0.765. The van der Waals surface area contributed by atoms with E-state index in [4.69, 9.17) is 0 Å². The zero-order valence-corrected chi connectivity index (χ0v) is 16.2. The Morgan fingerprint density at radius 1 is 1.18 bits per heavy atom. The lowest BCUT2D eigenvalue weighted by molar-refractivity contribution is -0.0420. The molecule has 5 nitrogen and oxygen atoms in total. The molecule has 2 aromatic carbocycles. The lowest BCUT2D eigenvalue weighted by Crippen LogP contribution is -2.60. The summed E-state index contributed by atoms with van der Waals surface area (Å²) in [5.74, 6) is 0.225. The largest absolute Gasteiger partial charge is 0.508 e. The molecule has 1 heterocycles. The number of likely N-dealkylation sites (tertiary alicyclic amines) is 1. The van der Waals surface area contributed by atoms with E-state index in [0.29, 0.717) is 12.0 Å². The van der Waals surface area contributed by atoms with Gasteiger partial charge in [-0.1, -0.05) is 30.3 Å². The van der Waals surface area contributed by atoms with Crippen LogP contribution in [0.15, 0.2) is 54.6 Å². The third kappa shape index (κ3) is 3.52. The zero-order valence-electron chi connectivity index (χ0n) is 16.2. The Hall–Kier alpha value is -2.37. The molecule has 2 aliphatic rings. The number of piperidine rings is 1. The molecule has 3 N–H and O–H groups in total. The van der Waals surface area contributed by atoms with Crippen molar-refractivity contribution in [1.29, 1.82) is 0 Å². The van der Waals surface area contributed by atoms with Crippen LogP contribution >= 0.6 is 0 Å². The number of aromatic hydroxyl groups is 1. The van der Waals surface area contributed by atoms with Gasteiger partial charge in [0.15, 0.2) is 0 Å². The van der Waals surface area contributed by atoms with E-state index in [0.717, 1.165) is 31.5 Å². The van der Waals surface area contributed by atoms with Crippen molar-refractivity contribution in [3.8, 4) is 5.75 Å². The average molecular weight is 380 g/mol. The summed E-state index contributed by atoms with van der Waals surface area (Å²) in [6.07, 6.45) is 1.72. The van der Waals surface area contributed by atoms with Gasteiger partial charge < -0.3 is 20.4 Å². The number of rotatable bonds is 3. The monoisotopic (exact) mass is 380 g/mol. The highest BCUT2D eigenvalue weighted by atomic mass is 16.3. The Morgan fingerprint density at radius 3 is 2.71 bits per heavy atom. The minimum Gasteiger partial charge on any atom is -0.508 e. The number of benzene rings is 2. The SMILES string of the molecule is CN1CC[C@@]2(c3cccc(O)c3)C[C@@H](NC(=O)c3ccccc3)CC(O)[C@@H]2C1. The van der Waals surface area contributed by atoms with Gasteiger partial charge in [0, 0.05) is 29.5 Å². The molecule has 0 aromatic heterocycles. The third-order valence-corrected chi connectivity index (χ3v) is 6.55. The molecule has 1 aliphatic carbocycles. The molecule has 1 unspecified atom stereocenters. The van der Waals surface area contributed by atoms with E-state index in [2.05, 4.69) is 17.3 Å². The van der Waals surface area contributed by atoms with Gasteiger partial charge in [0.2, 0.25) is 0 Å². The second-order valence-electron chi connectivity index (χ2n) is 8.37. The molecule has 0 spiro atoms. The number of carbonyl (C=O) groups is 1. The summed E-state index contributed by atoms with van der Waals surface area (Å²) in [5.41, 5.74) is 1.44. The van der Waals surface area contributed by atoms with Crippen LogP contribution < -0.4 is 5.32 Å². The number of phenols is 1.